The molecule has 1 unspecified atom stereocenters. The van der Waals surface area contributed by atoms with Crippen LogP contribution in [0.25, 0.3) is 0 Å². The number of cyclic esters (lactones) is 1. The first kappa shape index (κ1) is 24.9. The highest BCUT2D eigenvalue weighted by molar-refractivity contribution is 8.02. The van der Waals surface area contributed by atoms with Gasteiger partial charge in [-0.25, -0.2) is 0 Å². The highest BCUT2D eigenvalue weighted by Gasteiger charge is 2.74. The summed E-state index contributed by atoms with van der Waals surface area (Å²) in [5.74, 6) is -2.46. The van der Waals surface area contributed by atoms with Crippen LogP contribution >= 0.6 is 11.8 Å². The molecule has 6 rings (SSSR count). The molecule has 1 N–H and O–H groups in total. The number of thioether (sulfide) groups is 1. The van der Waals surface area contributed by atoms with Crippen molar-refractivity contribution in [3.63, 3.8) is 0 Å². The molecule has 0 aliphatic carbocycles. The second-order valence-electron chi connectivity index (χ2n) is 10.5. The van der Waals surface area contributed by atoms with Gasteiger partial charge in [-0.3, -0.25) is 14.4 Å². The first-order valence-corrected chi connectivity index (χ1v) is 13.7. The number of carbonyl (C=O) groups is 3. The summed E-state index contributed by atoms with van der Waals surface area (Å²) in [5, 5.41) is 10.6. The number of esters is 1. The Kier molecular flexibility index (Phi) is 6.19. The fraction of sp³-hybridized carbons (Fsp3) is 0.367. The number of hydrogen-bond donors (Lipinski definition) is 1. The monoisotopic (exact) mass is 530 g/mol. The number of amides is 2. The Labute approximate surface area is 226 Å². The van der Waals surface area contributed by atoms with E-state index >= 15 is 0 Å². The number of carbonyl (C=O) groups excluding carboxylic acids is 3. The van der Waals surface area contributed by atoms with Crippen LogP contribution in [0.15, 0.2) is 85.0 Å². The fourth-order valence-corrected chi connectivity index (χ4v) is 8.79. The Hall–Kier alpha value is -3.36. The van der Waals surface area contributed by atoms with Gasteiger partial charge in [-0.1, -0.05) is 78.9 Å². The van der Waals surface area contributed by atoms with Crippen LogP contribution in [-0.2, 0) is 25.7 Å². The zero-order chi connectivity index (χ0) is 26.5. The maximum absolute atomic E-state index is 14.5. The summed E-state index contributed by atoms with van der Waals surface area (Å²) in [6.07, 6.45) is 7.72. The van der Waals surface area contributed by atoms with Crippen molar-refractivity contribution in [2.24, 2.45) is 11.8 Å². The lowest BCUT2D eigenvalue weighted by Crippen LogP contribution is -2.54. The third-order valence-electron chi connectivity index (χ3n) is 8.24. The van der Waals surface area contributed by atoms with E-state index in [4.69, 9.17) is 4.74 Å². The Morgan fingerprint density at radius 2 is 1.68 bits per heavy atom. The van der Waals surface area contributed by atoms with Crippen molar-refractivity contribution >= 4 is 29.5 Å². The Morgan fingerprint density at radius 1 is 0.974 bits per heavy atom. The van der Waals surface area contributed by atoms with Crippen LogP contribution < -0.4 is 0 Å². The van der Waals surface area contributed by atoms with E-state index in [1.54, 1.807) is 9.80 Å². The number of nitrogens with zero attached hydrogens (tertiary/aromatic N) is 2. The molecule has 2 fully saturated rings. The largest absolute Gasteiger partial charge is 0.461 e. The van der Waals surface area contributed by atoms with Crippen molar-refractivity contribution in [3.05, 3.63) is 96.1 Å². The number of fused-ring (bicyclic) bond motifs is 2. The Balaban J connectivity index is 1.50. The fourth-order valence-electron chi connectivity index (χ4n) is 6.65. The summed E-state index contributed by atoms with van der Waals surface area (Å²) in [4.78, 5) is 45.6. The molecule has 2 aromatic carbocycles. The van der Waals surface area contributed by atoms with Crippen LogP contribution in [0.3, 0.4) is 0 Å². The van der Waals surface area contributed by atoms with Crippen LogP contribution in [-0.4, -0.2) is 68.0 Å². The van der Waals surface area contributed by atoms with E-state index in [1.807, 2.05) is 91.9 Å². The van der Waals surface area contributed by atoms with Crippen molar-refractivity contribution in [1.82, 2.24) is 9.80 Å². The molecule has 7 nitrogen and oxygen atoms in total. The first-order valence-electron chi connectivity index (χ1n) is 12.9. The number of ether oxygens (including phenoxy) is 1. The van der Waals surface area contributed by atoms with Crippen LogP contribution in [0.5, 0.6) is 0 Å². The summed E-state index contributed by atoms with van der Waals surface area (Å²) in [5.41, 5.74) is 1.73. The molecular formula is C30H30N2O5S. The molecule has 0 radical (unpaired) electrons. The van der Waals surface area contributed by atoms with Crippen molar-refractivity contribution in [1.29, 1.82) is 0 Å². The summed E-state index contributed by atoms with van der Waals surface area (Å²) in [6.45, 7) is 2.56. The molecule has 8 heteroatoms. The summed E-state index contributed by atoms with van der Waals surface area (Å²) >= 11 is 1.51. The molecule has 2 saturated heterocycles. The van der Waals surface area contributed by atoms with E-state index in [0.29, 0.717) is 13.1 Å². The van der Waals surface area contributed by atoms with Gasteiger partial charge < -0.3 is 19.6 Å². The molecule has 38 heavy (non-hydrogen) atoms. The zero-order valence-electron chi connectivity index (χ0n) is 21.1. The van der Waals surface area contributed by atoms with Gasteiger partial charge in [0.25, 0.3) is 0 Å². The normalized spacial score (nSPS) is 32.8. The number of benzene rings is 2. The highest BCUT2D eigenvalue weighted by Crippen LogP contribution is 2.66. The highest BCUT2D eigenvalue weighted by atomic mass is 32.2. The molecular weight excluding hydrogens is 500 g/mol. The van der Waals surface area contributed by atoms with E-state index in [9.17, 15) is 19.5 Å². The van der Waals surface area contributed by atoms with Crippen LogP contribution in [0.4, 0.5) is 0 Å². The van der Waals surface area contributed by atoms with Gasteiger partial charge in [-0.05, 0) is 24.1 Å². The van der Waals surface area contributed by atoms with Crippen LogP contribution in [0.1, 0.15) is 24.1 Å². The predicted octanol–water partition coefficient (Wildman–Crippen LogP) is 3.12. The number of hydrogen-bond acceptors (Lipinski definition) is 6. The average Bonchev–Trinajstić information content (AvgIpc) is 3.19. The van der Waals surface area contributed by atoms with E-state index in [1.165, 1.54) is 11.8 Å². The van der Waals surface area contributed by atoms with Gasteiger partial charge >= 0.3 is 5.97 Å². The minimum Gasteiger partial charge on any atom is -0.461 e. The van der Waals surface area contributed by atoms with E-state index in [0.717, 1.165) is 11.1 Å². The quantitative estimate of drug-likeness (QED) is 0.472. The van der Waals surface area contributed by atoms with Crippen molar-refractivity contribution in [2.45, 2.75) is 35.0 Å². The molecule has 2 aromatic rings. The Morgan fingerprint density at radius 3 is 2.39 bits per heavy atom. The molecule has 196 valence electrons. The van der Waals surface area contributed by atoms with Crippen molar-refractivity contribution in [2.75, 3.05) is 19.8 Å². The maximum Gasteiger partial charge on any atom is 0.311 e. The standard InChI is InChI=1S/C30H30N2O5S/c1-29-14-9-17-37-28(36)24(29)23-26(34)32(22(19-33)21-12-6-3-7-13-21)25-27(35)31(16-8-15-30(23,25)38-29)18-20-10-4-2-5-11-20/h2-15,22-25,33H,16-19H2,1H3/t22-,23+,24+,25?,29-,30+/m1/s1. The molecule has 0 saturated carbocycles. The number of likely N-dealkylation sites (tertiary alicyclic amines) is 1. The number of aliphatic hydroxyl groups excluding tert-OH is 1. The van der Waals surface area contributed by atoms with E-state index < -0.39 is 39.4 Å². The smallest absolute Gasteiger partial charge is 0.311 e. The summed E-state index contributed by atoms with van der Waals surface area (Å²) < 4.78 is 3.81. The molecule has 6 atom stereocenters. The minimum absolute atomic E-state index is 0.162. The SMILES string of the molecule is C[C@@]12C=CCOC(=O)[C@@H]1[C@H]1C(=O)N([C@H](CO)c3ccccc3)C3C(=O)N(Cc4ccccc4)CC=C[C@@]31S2. The zero-order valence-corrected chi connectivity index (χ0v) is 21.9. The third-order valence-corrected chi connectivity index (χ3v) is 10.0. The van der Waals surface area contributed by atoms with Gasteiger partial charge in [0, 0.05) is 17.8 Å². The first-order chi connectivity index (χ1) is 18.4. The maximum atomic E-state index is 14.5. The third kappa shape index (κ3) is 3.73. The van der Waals surface area contributed by atoms with Gasteiger partial charge in [0.05, 0.1) is 29.2 Å². The minimum atomic E-state index is -0.984. The van der Waals surface area contributed by atoms with Gasteiger partial charge in [0.1, 0.15) is 12.6 Å². The molecule has 1 spiro atoms. The van der Waals surface area contributed by atoms with Gasteiger partial charge in [-0.2, -0.15) is 0 Å². The van der Waals surface area contributed by atoms with E-state index in [-0.39, 0.29) is 25.0 Å². The second-order valence-corrected chi connectivity index (χ2v) is 12.3. The van der Waals surface area contributed by atoms with Crippen molar-refractivity contribution < 1.29 is 24.2 Å². The lowest BCUT2D eigenvalue weighted by molar-refractivity contribution is -0.153. The lowest BCUT2D eigenvalue weighted by Gasteiger charge is -2.39. The average molecular weight is 531 g/mol. The second kappa shape index (κ2) is 9.43. The van der Waals surface area contributed by atoms with Gasteiger partial charge in [0.2, 0.25) is 11.8 Å². The number of rotatable bonds is 5. The Bertz CT molecular complexity index is 1310. The predicted molar refractivity (Wildman–Crippen MR) is 144 cm³/mol. The molecule has 4 aliphatic rings. The molecule has 4 aliphatic heterocycles. The van der Waals surface area contributed by atoms with Gasteiger partial charge in [0.15, 0.2) is 0 Å². The summed E-state index contributed by atoms with van der Waals surface area (Å²) in [7, 11) is 0. The molecule has 2 amide bonds. The van der Waals surface area contributed by atoms with Crippen molar-refractivity contribution in [3.8, 4) is 0 Å². The molecule has 0 bridgehead atoms. The van der Waals surface area contributed by atoms with Crippen LogP contribution in [0.2, 0.25) is 0 Å². The van der Waals surface area contributed by atoms with Gasteiger partial charge in [-0.15, -0.1) is 11.8 Å². The number of aliphatic hydroxyl groups is 1. The van der Waals surface area contributed by atoms with E-state index in [2.05, 4.69) is 0 Å². The van der Waals surface area contributed by atoms with Crippen LogP contribution in [0, 0.1) is 11.8 Å². The lowest BCUT2D eigenvalue weighted by atomic mass is 9.75. The molecule has 4 heterocycles. The summed E-state index contributed by atoms with van der Waals surface area (Å²) in [6, 6.07) is 17.4. The topological polar surface area (TPSA) is 87.1 Å². The molecule has 0 aromatic heterocycles.